The zero-order chi connectivity index (χ0) is 13.2. The number of hydrogen-bond acceptors (Lipinski definition) is 2. The molecule has 1 aromatic rings. The van der Waals surface area contributed by atoms with Crippen LogP contribution in [0.15, 0.2) is 0 Å². The molecule has 1 atom stereocenters. The second-order valence-corrected chi connectivity index (χ2v) is 5.11. The fourth-order valence-electron chi connectivity index (χ4n) is 1.62. The van der Waals surface area contributed by atoms with Crippen LogP contribution in [0.5, 0.6) is 0 Å². The van der Waals surface area contributed by atoms with Crippen molar-refractivity contribution < 1.29 is 4.79 Å². The quantitative estimate of drug-likeness (QED) is 0.900. The Morgan fingerprint density at radius 1 is 1.41 bits per heavy atom. The van der Waals surface area contributed by atoms with E-state index in [0.29, 0.717) is 11.6 Å². The molecule has 0 aliphatic heterocycles. The van der Waals surface area contributed by atoms with Crippen molar-refractivity contribution in [3.8, 4) is 0 Å². The fourth-order valence-corrected chi connectivity index (χ4v) is 1.76. The average Bonchev–Trinajstić information content (AvgIpc) is 2.45. The van der Waals surface area contributed by atoms with Gasteiger partial charge in [-0.2, -0.15) is 5.10 Å². The first-order chi connectivity index (χ1) is 7.82. The number of carbonyl (C=O) groups excluding carboxylic acids is 1. The summed E-state index contributed by atoms with van der Waals surface area (Å²) >= 11 is 6.06. The normalized spacial score (nSPS) is 12.9. The van der Waals surface area contributed by atoms with Crippen molar-refractivity contribution in [1.29, 1.82) is 0 Å². The van der Waals surface area contributed by atoms with Crippen LogP contribution in [0.2, 0.25) is 5.02 Å². The summed E-state index contributed by atoms with van der Waals surface area (Å²) in [6.45, 7) is 10.1. The topological polar surface area (TPSA) is 46.9 Å². The Bertz CT molecular complexity index is 412. The summed E-state index contributed by atoms with van der Waals surface area (Å²) in [4.78, 5) is 11.8. The van der Waals surface area contributed by atoms with Gasteiger partial charge in [-0.15, -0.1) is 0 Å². The molecule has 0 saturated carbocycles. The van der Waals surface area contributed by atoms with E-state index in [4.69, 9.17) is 11.6 Å². The Kier molecular flexibility index (Phi) is 4.57. The summed E-state index contributed by atoms with van der Waals surface area (Å²) < 4.78 is 1.79. The number of amides is 1. The van der Waals surface area contributed by atoms with Gasteiger partial charge in [0.25, 0.3) is 0 Å². The van der Waals surface area contributed by atoms with Crippen molar-refractivity contribution in [1.82, 2.24) is 15.1 Å². The van der Waals surface area contributed by atoms with Crippen molar-refractivity contribution >= 4 is 17.5 Å². The number of nitrogens with zero attached hydrogens (tertiary/aromatic N) is 2. The molecule has 0 aliphatic rings. The molecule has 17 heavy (non-hydrogen) atoms. The van der Waals surface area contributed by atoms with Crippen LogP contribution in [0.4, 0.5) is 0 Å². The Morgan fingerprint density at radius 2 is 2.00 bits per heavy atom. The van der Waals surface area contributed by atoms with Gasteiger partial charge in [0.1, 0.15) is 0 Å². The highest BCUT2D eigenvalue weighted by Crippen LogP contribution is 2.19. The zero-order valence-electron chi connectivity index (χ0n) is 11.0. The molecule has 0 aliphatic carbocycles. The molecule has 1 amide bonds. The molecule has 0 saturated heterocycles. The molecular weight excluding hydrogens is 238 g/mol. The molecular formula is C12H20ClN3O. The monoisotopic (exact) mass is 257 g/mol. The van der Waals surface area contributed by atoms with E-state index in [9.17, 15) is 4.79 Å². The van der Waals surface area contributed by atoms with E-state index < -0.39 is 0 Å². The van der Waals surface area contributed by atoms with E-state index in [1.165, 1.54) is 0 Å². The molecule has 1 N–H and O–H groups in total. The lowest BCUT2D eigenvalue weighted by Crippen LogP contribution is -2.36. The summed E-state index contributed by atoms with van der Waals surface area (Å²) in [5.74, 6) is -0.0739. The van der Waals surface area contributed by atoms with Gasteiger partial charge in [0.15, 0.2) is 0 Å². The molecule has 0 bridgehead atoms. The third kappa shape index (κ3) is 3.46. The summed E-state index contributed by atoms with van der Waals surface area (Å²) in [6, 6.07) is 0.161. The number of aromatic nitrogens is 2. The van der Waals surface area contributed by atoms with E-state index in [0.717, 1.165) is 11.4 Å². The van der Waals surface area contributed by atoms with Crippen molar-refractivity contribution in [2.24, 2.45) is 5.92 Å². The van der Waals surface area contributed by atoms with Gasteiger partial charge in [0.2, 0.25) is 5.91 Å². The van der Waals surface area contributed by atoms with Gasteiger partial charge in [-0.05, 0) is 27.7 Å². The van der Waals surface area contributed by atoms with Gasteiger partial charge >= 0.3 is 0 Å². The van der Waals surface area contributed by atoms with Crippen molar-refractivity contribution in [3.63, 3.8) is 0 Å². The molecule has 0 spiro atoms. The number of nitrogens with one attached hydrogen (secondary N) is 1. The van der Waals surface area contributed by atoms with Crippen LogP contribution in [-0.4, -0.2) is 21.7 Å². The predicted molar refractivity (Wildman–Crippen MR) is 69.2 cm³/mol. The Morgan fingerprint density at radius 3 is 2.41 bits per heavy atom. The maximum Gasteiger partial charge on any atom is 0.224 e. The fraction of sp³-hybridized carbons (Fsp3) is 0.667. The van der Waals surface area contributed by atoms with Crippen LogP contribution in [0.1, 0.15) is 32.2 Å². The van der Waals surface area contributed by atoms with Gasteiger partial charge < -0.3 is 5.32 Å². The molecule has 0 fully saturated rings. The van der Waals surface area contributed by atoms with Gasteiger partial charge in [0, 0.05) is 6.04 Å². The van der Waals surface area contributed by atoms with Gasteiger partial charge in [-0.1, -0.05) is 18.5 Å². The summed E-state index contributed by atoms with van der Waals surface area (Å²) in [5.41, 5.74) is 1.72. The van der Waals surface area contributed by atoms with E-state index in [-0.39, 0.29) is 17.9 Å². The van der Waals surface area contributed by atoms with E-state index in [1.807, 2.05) is 34.6 Å². The Hall–Kier alpha value is -1.03. The summed E-state index contributed by atoms with van der Waals surface area (Å²) in [5, 5.41) is 7.89. The number of halogens is 1. The maximum absolute atomic E-state index is 11.8. The molecule has 1 rings (SSSR count). The minimum atomic E-state index is -0.119. The molecule has 0 radical (unpaired) electrons. The van der Waals surface area contributed by atoms with Gasteiger partial charge in [-0.25, -0.2) is 0 Å². The first-order valence-corrected chi connectivity index (χ1v) is 6.20. The lowest BCUT2D eigenvalue weighted by molar-refractivity contribution is -0.125. The molecule has 1 aromatic heterocycles. The van der Waals surface area contributed by atoms with Crippen LogP contribution in [0, 0.1) is 19.8 Å². The van der Waals surface area contributed by atoms with Gasteiger partial charge in [0.05, 0.1) is 28.9 Å². The molecule has 1 heterocycles. The van der Waals surface area contributed by atoms with Crippen LogP contribution < -0.4 is 5.32 Å². The number of rotatable bonds is 4. The Labute approximate surface area is 107 Å². The second-order valence-electron chi connectivity index (χ2n) is 4.73. The highest BCUT2D eigenvalue weighted by molar-refractivity contribution is 6.31. The Balaban J connectivity index is 2.71. The largest absolute Gasteiger partial charge is 0.354 e. The second kappa shape index (κ2) is 5.54. The highest BCUT2D eigenvalue weighted by atomic mass is 35.5. The summed E-state index contributed by atoms with van der Waals surface area (Å²) in [6.07, 6.45) is 0. The first-order valence-electron chi connectivity index (χ1n) is 5.82. The number of aryl methyl sites for hydroxylation is 1. The van der Waals surface area contributed by atoms with Crippen LogP contribution >= 0.6 is 11.6 Å². The summed E-state index contributed by atoms with van der Waals surface area (Å²) in [7, 11) is 0. The lowest BCUT2D eigenvalue weighted by atomic mass is 10.1. The minimum absolute atomic E-state index is 0.0451. The van der Waals surface area contributed by atoms with Crippen molar-refractivity contribution in [3.05, 3.63) is 16.4 Å². The van der Waals surface area contributed by atoms with E-state index in [2.05, 4.69) is 10.4 Å². The maximum atomic E-state index is 11.8. The van der Waals surface area contributed by atoms with E-state index >= 15 is 0 Å². The minimum Gasteiger partial charge on any atom is -0.354 e. The standard InChI is InChI=1S/C12H20ClN3O/c1-7(2)14-12(17)8(3)6-16-10(5)11(13)9(4)15-16/h7-8H,6H2,1-5H3,(H,14,17). The molecule has 1 unspecified atom stereocenters. The highest BCUT2D eigenvalue weighted by Gasteiger charge is 2.17. The smallest absolute Gasteiger partial charge is 0.224 e. The average molecular weight is 258 g/mol. The number of carbonyl (C=O) groups is 1. The van der Waals surface area contributed by atoms with Crippen LogP contribution in [-0.2, 0) is 11.3 Å². The van der Waals surface area contributed by atoms with Crippen molar-refractivity contribution in [2.75, 3.05) is 0 Å². The van der Waals surface area contributed by atoms with Crippen molar-refractivity contribution in [2.45, 2.75) is 47.2 Å². The molecule has 4 nitrogen and oxygen atoms in total. The van der Waals surface area contributed by atoms with E-state index in [1.54, 1.807) is 4.68 Å². The molecule has 96 valence electrons. The predicted octanol–water partition coefficient (Wildman–Crippen LogP) is 2.31. The zero-order valence-corrected chi connectivity index (χ0v) is 11.8. The number of hydrogen-bond donors (Lipinski definition) is 1. The van der Waals surface area contributed by atoms with Crippen LogP contribution in [0.3, 0.4) is 0 Å². The molecule has 5 heteroatoms. The van der Waals surface area contributed by atoms with Crippen LogP contribution in [0.25, 0.3) is 0 Å². The molecule has 0 aromatic carbocycles. The third-order valence-corrected chi connectivity index (χ3v) is 3.17. The van der Waals surface area contributed by atoms with Gasteiger partial charge in [-0.3, -0.25) is 9.48 Å². The third-order valence-electron chi connectivity index (χ3n) is 2.62. The SMILES string of the molecule is Cc1nn(CC(C)C(=O)NC(C)C)c(C)c1Cl. The first kappa shape index (κ1) is 14.0. The lowest BCUT2D eigenvalue weighted by Gasteiger charge is -2.15.